The second-order valence-corrected chi connectivity index (χ2v) is 4.25. The molecule has 0 aliphatic heterocycles. The first-order valence-corrected chi connectivity index (χ1v) is 5.90. The number of nitrogens with one attached hydrogen (secondary N) is 1. The highest BCUT2D eigenvalue weighted by atomic mass is 32.1. The minimum Gasteiger partial charge on any atom is -0.476 e. The summed E-state index contributed by atoms with van der Waals surface area (Å²) in [7, 11) is 0. The minimum absolute atomic E-state index is 0.119. The Kier molecular flexibility index (Phi) is 3.63. The van der Waals surface area contributed by atoms with Gasteiger partial charge in [0.05, 0.1) is 0 Å². The van der Waals surface area contributed by atoms with Gasteiger partial charge < -0.3 is 10.4 Å². The lowest BCUT2D eigenvalue weighted by molar-refractivity contribution is 0.0691. The number of carbonyl (C=O) groups excluding carboxylic acids is 1. The van der Waals surface area contributed by atoms with Crippen LogP contribution in [0.15, 0.2) is 29.9 Å². The maximum absolute atomic E-state index is 11.7. The molecular formula is C11H9N3O3S. The van der Waals surface area contributed by atoms with Gasteiger partial charge in [-0.15, -0.1) is 11.3 Å². The van der Waals surface area contributed by atoms with Gasteiger partial charge >= 0.3 is 5.97 Å². The number of nitrogens with zero attached hydrogens (tertiary/aromatic N) is 2. The summed E-state index contributed by atoms with van der Waals surface area (Å²) >= 11 is 1.00. The molecule has 92 valence electrons. The molecule has 2 N–H and O–H groups in total. The molecule has 2 aromatic heterocycles. The Morgan fingerprint density at radius 2 is 2.28 bits per heavy atom. The van der Waals surface area contributed by atoms with Gasteiger partial charge in [0.2, 0.25) is 0 Å². The number of carbonyl (C=O) groups is 2. The quantitative estimate of drug-likeness (QED) is 0.863. The fourth-order valence-electron chi connectivity index (χ4n) is 1.24. The van der Waals surface area contributed by atoms with E-state index in [2.05, 4.69) is 15.3 Å². The van der Waals surface area contributed by atoms with Crippen molar-refractivity contribution in [2.24, 2.45) is 0 Å². The van der Waals surface area contributed by atoms with Gasteiger partial charge in [-0.2, -0.15) is 0 Å². The molecule has 0 radical (unpaired) electrons. The molecule has 0 atom stereocenters. The van der Waals surface area contributed by atoms with E-state index in [-0.39, 0.29) is 10.7 Å². The predicted molar refractivity (Wildman–Crippen MR) is 64.5 cm³/mol. The second-order valence-electron chi connectivity index (χ2n) is 3.39. The summed E-state index contributed by atoms with van der Waals surface area (Å²) in [5.41, 5.74) is 0.743. The third-order valence-corrected chi connectivity index (χ3v) is 2.93. The van der Waals surface area contributed by atoms with Crippen LogP contribution < -0.4 is 5.32 Å². The van der Waals surface area contributed by atoms with Gasteiger partial charge in [-0.3, -0.25) is 9.78 Å². The topological polar surface area (TPSA) is 92.2 Å². The van der Waals surface area contributed by atoms with Crippen molar-refractivity contribution in [1.29, 1.82) is 0 Å². The van der Waals surface area contributed by atoms with Crippen LogP contribution in [0.1, 0.15) is 25.9 Å². The highest BCUT2D eigenvalue weighted by Crippen LogP contribution is 2.09. The Hall–Kier alpha value is -2.28. The molecule has 2 heterocycles. The van der Waals surface area contributed by atoms with Gasteiger partial charge in [0.1, 0.15) is 0 Å². The molecule has 0 bridgehead atoms. The number of aromatic nitrogens is 2. The van der Waals surface area contributed by atoms with Gasteiger partial charge in [-0.25, -0.2) is 9.78 Å². The first-order chi connectivity index (χ1) is 8.66. The van der Waals surface area contributed by atoms with Crippen molar-refractivity contribution in [3.63, 3.8) is 0 Å². The van der Waals surface area contributed by atoms with Gasteiger partial charge in [-0.1, -0.05) is 6.07 Å². The minimum atomic E-state index is -1.14. The van der Waals surface area contributed by atoms with Crippen molar-refractivity contribution in [2.45, 2.75) is 6.54 Å². The Balaban J connectivity index is 1.97. The van der Waals surface area contributed by atoms with Crippen molar-refractivity contribution in [1.82, 2.24) is 15.3 Å². The van der Waals surface area contributed by atoms with E-state index in [1.165, 1.54) is 5.38 Å². The molecular weight excluding hydrogens is 254 g/mol. The van der Waals surface area contributed by atoms with Crippen molar-refractivity contribution < 1.29 is 14.7 Å². The lowest BCUT2D eigenvalue weighted by Gasteiger charge is -2.01. The summed E-state index contributed by atoms with van der Waals surface area (Å²) < 4.78 is 0. The lowest BCUT2D eigenvalue weighted by Crippen LogP contribution is -2.22. The first kappa shape index (κ1) is 12.2. The van der Waals surface area contributed by atoms with Crippen molar-refractivity contribution in [3.8, 4) is 0 Å². The first-order valence-electron chi connectivity index (χ1n) is 5.03. The monoisotopic (exact) mass is 263 g/mol. The van der Waals surface area contributed by atoms with Crippen LogP contribution in [0, 0.1) is 0 Å². The summed E-state index contributed by atoms with van der Waals surface area (Å²) in [5.74, 6) is -1.53. The average molecular weight is 263 g/mol. The summed E-state index contributed by atoms with van der Waals surface area (Å²) in [6.07, 6.45) is 3.29. The number of aromatic carboxylic acids is 1. The highest BCUT2D eigenvalue weighted by molar-refractivity contribution is 7.11. The van der Waals surface area contributed by atoms with Crippen LogP contribution in [-0.2, 0) is 6.54 Å². The average Bonchev–Trinajstić information content (AvgIpc) is 2.87. The molecule has 0 saturated heterocycles. The second kappa shape index (κ2) is 5.37. The number of amides is 1. The standard InChI is InChI=1S/C11H9N3O3S/c15-9(10-14-8(6-18-10)11(16)17)13-5-7-2-1-3-12-4-7/h1-4,6H,5H2,(H,13,15)(H,16,17). The zero-order chi connectivity index (χ0) is 13.0. The Bertz CT molecular complexity index is 568. The third-order valence-electron chi connectivity index (χ3n) is 2.09. The SMILES string of the molecule is O=C(O)c1csc(C(=O)NCc2cccnc2)n1. The summed E-state index contributed by atoms with van der Waals surface area (Å²) in [6, 6.07) is 3.60. The van der Waals surface area contributed by atoms with Crippen LogP contribution in [0.25, 0.3) is 0 Å². The van der Waals surface area contributed by atoms with Crippen molar-refractivity contribution in [3.05, 3.63) is 46.2 Å². The number of pyridine rings is 1. The fraction of sp³-hybridized carbons (Fsp3) is 0.0909. The number of carboxylic acid groups (broad SMARTS) is 1. The van der Waals surface area contributed by atoms with E-state index >= 15 is 0 Å². The molecule has 0 aromatic carbocycles. The fourth-order valence-corrected chi connectivity index (χ4v) is 1.94. The van der Waals surface area contributed by atoms with E-state index in [1.807, 2.05) is 6.07 Å². The highest BCUT2D eigenvalue weighted by Gasteiger charge is 2.14. The lowest BCUT2D eigenvalue weighted by atomic mass is 10.3. The molecule has 6 nitrogen and oxygen atoms in total. The van der Waals surface area contributed by atoms with E-state index < -0.39 is 11.9 Å². The maximum atomic E-state index is 11.7. The van der Waals surface area contributed by atoms with Gasteiger partial charge in [0, 0.05) is 24.3 Å². The van der Waals surface area contributed by atoms with Gasteiger partial charge in [0.15, 0.2) is 10.7 Å². The number of carboxylic acids is 1. The molecule has 0 aliphatic carbocycles. The molecule has 7 heteroatoms. The predicted octanol–water partition coefficient (Wildman–Crippen LogP) is 1.17. The third kappa shape index (κ3) is 2.89. The van der Waals surface area contributed by atoms with E-state index in [1.54, 1.807) is 18.5 Å². The molecule has 2 rings (SSSR count). The smallest absolute Gasteiger partial charge is 0.355 e. The van der Waals surface area contributed by atoms with Crippen molar-refractivity contribution in [2.75, 3.05) is 0 Å². The zero-order valence-corrected chi connectivity index (χ0v) is 9.98. The molecule has 18 heavy (non-hydrogen) atoms. The molecule has 0 spiro atoms. The maximum Gasteiger partial charge on any atom is 0.355 e. The van der Waals surface area contributed by atoms with Crippen LogP contribution in [0.4, 0.5) is 0 Å². The van der Waals surface area contributed by atoms with Crippen LogP contribution >= 0.6 is 11.3 Å². The zero-order valence-electron chi connectivity index (χ0n) is 9.16. The summed E-state index contributed by atoms with van der Waals surface area (Å²) in [4.78, 5) is 29.9. The molecule has 2 aromatic rings. The summed E-state index contributed by atoms with van der Waals surface area (Å²) in [6.45, 7) is 0.328. The molecule has 0 unspecified atom stereocenters. The largest absolute Gasteiger partial charge is 0.476 e. The van der Waals surface area contributed by atoms with Crippen LogP contribution in [0.5, 0.6) is 0 Å². The Morgan fingerprint density at radius 1 is 1.44 bits per heavy atom. The van der Waals surface area contributed by atoms with Crippen molar-refractivity contribution >= 4 is 23.2 Å². The Morgan fingerprint density at radius 3 is 2.89 bits per heavy atom. The van der Waals surface area contributed by atoms with E-state index in [9.17, 15) is 9.59 Å². The van der Waals surface area contributed by atoms with E-state index in [0.717, 1.165) is 16.9 Å². The number of thiazole rings is 1. The number of rotatable bonds is 4. The number of hydrogen-bond donors (Lipinski definition) is 2. The van der Waals surface area contributed by atoms with Gasteiger partial charge in [0.25, 0.3) is 5.91 Å². The Labute approximate surface area is 106 Å². The van der Waals surface area contributed by atoms with E-state index in [4.69, 9.17) is 5.11 Å². The summed E-state index contributed by atoms with van der Waals surface area (Å²) in [5, 5.41) is 12.8. The van der Waals surface area contributed by atoms with Crippen LogP contribution in [0.3, 0.4) is 0 Å². The van der Waals surface area contributed by atoms with E-state index in [0.29, 0.717) is 6.54 Å². The van der Waals surface area contributed by atoms with Crippen LogP contribution in [-0.4, -0.2) is 27.0 Å². The number of hydrogen-bond acceptors (Lipinski definition) is 5. The molecule has 0 aliphatic rings. The molecule has 1 amide bonds. The van der Waals surface area contributed by atoms with Gasteiger partial charge in [-0.05, 0) is 11.6 Å². The molecule has 0 saturated carbocycles. The molecule has 0 fully saturated rings. The normalized spacial score (nSPS) is 10.0. The van der Waals surface area contributed by atoms with Crippen LogP contribution in [0.2, 0.25) is 0 Å².